The Balaban J connectivity index is 1.34. The van der Waals surface area contributed by atoms with Crippen LogP contribution in [0.5, 0.6) is 11.5 Å². The summed E-state index contributed by atoms with van der Waals surface area (Å²) >= 11 is 0. The summed E-state index contributed by atoms with van der Waals surface area (Å²) in [6, 6.07) is 10.9. The number of ether oxygens (including phenoxy) is 2. The van der Waals surface area contributed by atoms with Gasteiger partial charge in [-0.25, -0.2) is 17.6 Å². The van der Waals surface area contributed by atoms with Gasteiger partial charge in [0.1, 0.15) is 5.75 Å². The van der Waals surface area contributed by atoms with Gasteiger partial charge in [0.25, 0.3) is 0 Å². The highest BCUT2D eigenvalue weighted by Gasteiger charge is 2.33. The molecule has 1 aliphatic carbocycles. The monoisotopic (exact) mass is 520 g/mol. The highest BCUT2D eigenvalue weighted by Crippen LogP contribution is 2.37. The molecule has 0 unspecified atom stereocenters. The lowest BCUT2D eigenvalue weighted by Crippen LogP contribution is -2.32. The molecule has 2 nitrogen and oxygen atoms in total. The van der Waals surface area contributed by atoms with Crippen LogP contribution in [0.25, 0.3) is 11.1 Å². The van der Waals surface area contributed by atoms with Crippen LogP contribution >= 0.6 is 0 Å². The molecule has 0 bridgehead atoms. The summed E-state index contributed by atoms with van der Waals surface area (Å²) in [5, 5.41) is 0. The van der Waals surface area contributed by atoms with Crippen molar-refractivity contribution in [3.63, 3.8) is 0 Å². The lowest BCUT2D eigenvalue weighted by Gasteiger charge is -2.27. The van der Waals surface area contributed by atoms with Crippen LogP contribution in [-0.2, 0) is 0 Å². The van der Waals surface area contributed by atoms with E-state index in [2.05, 4.69) is 10.8 Å². The molecule has 0 radical (unpaired) electrons. The molecule has 0 heterocycles. The Morgan fingerprint density at radius 1 is 0.811 bits per heavy atom. The SMILES string of the molecule is C/C=C/C1CCC(c2ccc(OCC(F)(F)Oc3ccc(-c4cc(F)c(F)c(F)c4)cc3)c(F)c2)CC1. The highest BCUT2D eigenvalue weighted by molar-refractivity contribution is 5.64. The highest BCUT2D eigenvalue weighted by atomic mass is 19.3. The topological polar surface area (TPSA) is 18.5 Å². The van der Waals surface area contributed by atoms with Crippen LogP contribution in [0, 0.1) is 29.2 Å². The molecule has 0 aromatic heterocycles. The van der Waals surface area contributed by atoms with Crippen LogP contribution in [0.15, 0.2) is 66.7 Å². The molecule has 3 aromatic rings. The third kappa shape index (κ3) is 6.67. The number of hydrogen-bond acceptors (Lipinski definition) is 2. The second kappa shape index (κ2) is 11.3. The van der Waals surface area contributed by atoms with E-state index in [1.807, 2.05) is 13.0 Å². The van der Waals surface area contributed by atoms with Crippen LogP contribution in [0.3, 0.4) is 0 Å². The van der Waals surface area contributed by atoms with Crippen molar-refractivity contribution in [2.24, 2.45) is 5.92 Å². The van der Waals surface area contributed by atoms with Gasteiger partial charge in [0.2, 0.25) is 0 Å². The van der Waals surface area contributed by atoms with Crippen molar-refractivity contribution in [2.45, 2.75) is 44.6 Å². The fourth-order valence-electron chi connectivity index (χ4n) is 4.61. The van der Waals surface area contributed by atoms with Gasteiger partial charge in [-0.05, 0) is 97.5 Å². The normalized spacial score (nSPS) is 18.2. The molecular formula is C29H26F6O2. The molecule has 3 aromatic carbocycles. The Labute approximate surface area is 211 Å². The van der Waals surface area contributed by atoms with Crippen LogP contribution < -0.4 is 9.47 Å². The first-order chi connectivity index (χ1) is 17.6. The summed E-state index contributed by atoms with van der Waals surface area (Å²) in [4.78, 5) is 0. The van der Waals surface area contributed by atoms with Gasteiger partial charge in [0.05, 0.1) is 0 Å². The number of rotatable bonds is 8. The average molecular weight is 521 g/mol. The zero-order valence-electron chi connectivity index (χ0n) is 20.1. The van der Waals surface area contributed by atoms with Crippen molar-refractivity contribution >= 4 is 0 Å². The van der Waals surface area contributed by atoms with Gasteiger partial charge in [-0.3, -0.25) is 0 Å². The van der Waals surface area contributed by atoms with E-state index < -0.39 is 36.0 Å². The van der Waals surface area contributed by atoms with Crippen LogP contribution in [-0.4, -0.2) is 12.7 Å². The summed E-state index contributed by atoms with van der Waals surface area (Å²) in [7, 11) is 0. The van der Waals surface area contributed by atoms with Crippen LogP contribution in [0.1, 0.15) is 44.1 Å². The molecule has 0 N–H and O–H groups in total. The van der Waals surface area contributed by atoms with Gasteiger partial charge in [-0.15, -0.1) is 0 Å². The van der Waals surface area contributed by atoms with Gasteiger partial charge in [0, 0.05) is 0 Å². The molecule has 1 saturated carbocycles. The molecule has 0 atom stereocenters. The van der Waals surface area contributed by atoms with Crippen molar-refractivity contribution < 1.29 is 35.8 Å². The van der Waals surface area contributed by atoms with Gasteiger partial charge >= 0.3 is 6.11 Å². The van der Waals surface area contributed by atoms with E-state index in [-0.39, 0.29) is 28.5 Å². The van der Waals surface area contributed by atoms with Crippen LogP contribution in [0.4, 0.5) is 26.3 Å². The standard InChI is InChI=1S/C29H26F6O2/c1-2-3-18-4-6-19(7-5-18)21-10-13-27(24(30)14-21)36-17-29(34,35)37-23-11-8-20(9-12-23)22-15-25(31)28(33)26(32)16-22/h2-3,8-16,18-19H,4-7,17H2,1H3/b3-2+. The molecule has 196 valence electrons. The molecule has 37 heavy (non-hydrogen) atoms. The van der Waals surface area contributed by atoms with Crippen molar-refractivity contribution in [2.75, 3.05) is 6.61 Å². The Hall–Kier alpha value is -3.42. The van der Waals surface area contributed by atoms with Gasteiger partial charge in [0.15, 0.2) is 35.6 Å². The number of allylic oxidation sites excluding steroid dienone is 2. The van der Waals surface area contributed by atoms with E-state index in [4.69, 9.17) is 4.74 Å². The molecule has 0 saturated heterocycles. The first-order valence-electron chi connectivity index (χ1n) is 12.0. The summed E-state index contributed by atoms with van der Waals surface area (Å²) in [6.45, 7) is 0.765. The minimum absolute atomic E-state index is 0.0304. The molecule has 0 amide bonds. The largest absolute Gasteiger partial charge is 0.480 e. The number of hydrogen-bond donors (Lipinski definition) is 0. The predicted molar refractivity (Wildman–Crippen MR) is 129 cm³/mol. The van der Waals surface area contributed by atoms with E-state index >= 15 is 0 Å². The molecule has 0 spiro atoms. The molecule has 1 fully saturated rings. The summed E-state index contributed by atoms with van der Waals surface area (Å²) in [5.41, 5.74) is 1.12. The van der Waals surface area contributed by atoms with Crippen molar-refractivity contribution in [1.82, 2.24) is 0 Å². The molecular weight excluding hydrogens is 494 g/mol. The second-order valence-electron chi connectivity index (χ2n) is 9.13. The van der Waals surface area contributed by atoms with E-state index in [0.29, 0.717) is 5.92 Å². The molecule has 4 rings (SSSR count). The third-order valence-electron chi connectivity index (χ3n) is 6.50. The molecule has 0 aliphatic heterocycles. The zero-order chi connectivity index (χ0) is 26.6. The van der Waals surface area contributed by atoms with Crippen LogP contribution in [0.2, 0.25) is 0 Å². The first-order valence-corrected chi connectivity index (χ1v) is 12.0. The lowest BCUT2D eigenvalue weighted by atomic mass is 9.78. The predicted octanol–water partition coefficient (Wildman–Crippen LogP) is 8.81. The number of benzene rings is 3. The average Bonchev–Trinajstić information content (AvgIpc) is 2.87. The van der Waals surface area contributed by atoms with Gasteiger partial charge < -0.3 is 9.47 Å². The van der Waals surface area contributed by atoms with Crippen molar-refractivity contribution in [1.29, 1.82) is 0 Å². The first kappa shape index (κ1) is 26.6. The lowest BCUT2D eigenvalue weighted by molar-refractivity contribution is -0.195. The second-order valence-corrected chi connectivity index (χ2v) is 9.13. The maximum absolute atomic E-state index is 14.6. The fourth-order valence-corrected chi connectivity index (χ4v) is 4.61. The Morgan fingerprint density at radius 2 is 1.46 bits per heavy atom. The Bertz CT molecular complexity index is 1220. The zero-order valence-corrected chi connectivity index (χ0v) is 20.1. The Kier molecular flexibility index (Phi) is 8.15. The summed E-state index contributed by atoms with van der Waals surface area (Å²) < 4.78 is 93.1. The van der Waals surface area contributed by atoms with Gasteiger partial charge in [-0.2, -0.15) is 8.78 Å². The minimum atomic E-state index is -3.79. The quantitative estimate of drug-likeness (QED) is 0.168. The summed E-state index contributed by atoms with van der Waals surface area (Å²) in [5.74, 6) is -4.82. The number of alkyl halides is 2. The van der Waals surface area contributed by atoms with E-state index in [0.717, 1.165) is 43.4 Å². The van der Waals surface area contributed by atoms with E-state index in [1.165, 1.54) is 36.4 Å². The number of halogens is 6. The smallest absolute Gasteiger partial charge is 0.432 e. The third-order valence-corrected chi connectivity index (χ3v) is 6.50. The molecule has 8 heteroatoms. The maximum atomic E-state index is 14.6. The van der Waals surface area contributed by atoms with E-state index in [9.17, 15) is 26.3 Å². The Morgan fingerprint density at radius 3 is 2.05 bits per heavy atom. The van der Waals surface area contributed by atoms with Crippen molar-refractivity contribution in [3.05, 3.63) is 95.6 Å². The molecule has 1 aliphatic rings. The fraction of sp³-hybridized carbons (Fsp3) is 0.310. The maximum Gasteiger partial charge on any atom is 0.432 e. The van der Waals surface area contributed by atoms with E-state index in [1.54, 1.807) is 6.07 Å². The minimum Gasteiger partial charge on any atom is -0.480 e. The van der Waals surface area contributed by atoms with Crippen molar-refractivity contribution in [3.8, 4) is 22.6 Å². The summed E-state index contributed by atoms with van der Waals surface area (Å²) in [6.07, 6.45) is 4.37. The van der Waals surface area contributed by atoms with Gasteiger partial charge in [-0.1, -0.05) is 30.4 Å².